The molecule has 0 radical (unpaired) electrons. The van der Waals surface area contributed by atoms with Crippen LogP contribution in [0.15, 0.2) is 0 Å². The van der Waals surface area contributed by atoms with E-state index in [-0.39, 0.29) is 107 Å². The Kier molecular flexibility index (Phi) is 182000. The van der Waals surface area contributed by atoms with Crippen molar-refractivity contribution in [3.05, 3.63) is 0 Å². The van der Waals surface area contributed by atoms with Gasteiger partial charge in [0.25, 0.3) is 0 Å². The Balaban J connectivity index is 0. The number of hydrogen-bond donors (Lipinski definition) is 0. The van der Waals surface area contributed by atoms with Gasteiger partial charge in [0.15, 0.2) is 52.1 Å². The maximum atomic E-state index is 0. The van der Waals surface area contributed by atoms with E-state index < -0.39 is 0 Å². The quantitative estimate of drug-likeness (QED) is 0.369. The van der Waals surface area contributed by atoms with E-state index in [4.69, 9.17) is 0 Å². The van der Waals surface area contributed by atoms with Crippen molar-refractivity contribution in [2.24, 2.45) is 0 Å². The van der Waals surface area contributed by atoms with Crippen LogP contribution < -0.4 is 0 Å². The Morgan fingerprint density at radius 3 is 0.154 bits per heavy atom. The van der Waals surface area contributed by atoms with Crippen molar-refractivity contribution in [3.8, 4) is 0 Å². The molecule has 0 aromatic rings. The summed E-state index contributed by atoms with van der Waals surface area (Å²) in [4.78, 5) is 0. The van der Waals surface area contributed by atoms with Gasteiger partial charge in [-0.3, -0.25) is 0 Å². The minimum absolute atomic E-state index is 0. The minimum atomic E-state index is 0. The molecule has 0 saturated heterocycles. The number of hydrogen-bond acceptors (Lipinski definition) is 0. The zero-order valence-corrected chi connectivity index (χ0v) is 5.00. The van der Waals surface area contributed by atoms with Crippen LogP contribution in [-0.2, 0) is 0 Å². The van der Waals surface area contributed by atoms with E-state index in [0.717, 1.165) is 0 Å². The summed E-state index contributed by atoms with van der Waals surface area (Å²) in [5.41, 5.74) is 0. The lowest BCUT2D eigenvalue weighted by atomic mass is 16.0. The van der Waals surface area contributed by atoms with Crippen molar-refractivity contribution in [1.82, 2.24) is 0 Å². The predicted octanol–water partition coefficient (Wildman–Crippen LogP) is -11.8. The van der Waals surface area contributed by atoms with E-state index >= 15 is 0 Å². The first-order chi connectivity index (χ1) is 0. The lowest BCUT2D eigenvalue weighted by Gasteiger charge is -0.413. The molecule has 13 heavy (non-hydrogen) atoms. The first kappa shape index (κ1) is 1720. The Bertz CT molecular complexity index is 10.1. The Labute approximate surface area is 107 Å². The summed E-state index contributed by atoms with van der Waals surface area (Å²) in [7, 11) is 0. The minimum Gasteiger partial charge on any atom is -0.412 e. The van der Waals surface area contributed by atoms with Gasteiger partial charge in [-0.25, -0.2) is 0 Å². The smallest absolute Gasteiger partial charge is 0.187 e. The largest absolute Gasteiger partial charge is 0.412 e. The molecule has 0 amide bonds. The molecule has 0 aliphatic rings. The van der Waals surface area contributed by atoms with E-state index in [1.807, 2.05) is 0 Å². The van der Waals surface area contributed by atoms with E-state index in [1.54, 1.807) is 0 Å². The zero-order valence-electron chi connectivity index (χ0n) is 5.00. The summed E-state index contributed by atoms with van der Waals surface area (Å²) >= 11 is 0. The van der Waals surface area contributed by atoms with Crippen molar-refractivity contribution in [3.63, 3.8) is 0 Å². The van der Waals surface area contributed by atoms with Crippen LogP contribution in [0.3, 0.4) is 0 Å². The van der Waals surface area contributed by atoms with Crippen LogP contribution in [0.25, 0.3) is 0 Å². The van der Waals surface area contributed by atoms with Crippen molar-refractivity contribution >= 4 is 52.1 Å². The van der Waals surface area contributed by atoms with Gasteiger partial charge in [0.1, 0.15) is 0 Å². The van der Waals surface area contributed by atoms with E-state index in [2.05, 4.69) is 0 Å². The molecule has 98 valence electrons. The molecule has 10 nitrogen and oxygen atoms in total. The standard InChI is InChI=1S/3Al.10H2O.9H/h;;;10*1H2;;;;;;;;;. The molecule has 20 N–H and O–H groups in total. The molecule has 0 aromatic carbocycles. The average Bonchev–Trinajstić information content (AvgIpc) is 0. The Morgan fingerprint density at radius 2 is 0.154 bits per heavy atom. The Morgan fingerprint density at radius 1 is 0.154 bits per heavy atom. The fourth-order valence-corrected chi connectivity index (χ4v) is 0. The molecule has 0 bridgehead atoms. The molecule has 0 heterocycles. The molecule has 0 atom stereocenters. The third-order valence-corrected chi connectivity index (χ3v) is 0. The van der Waals surface area contributed by atoms with Gasteiger partial charge in [0.05, 0.1) is 0 Å². The summed E-state index contributed by atoms with van der Waals surface area (Å²) in [6, 6.07) is 0. The van der Waals surface area contributed by atoms with Gasteiger partial charge in [-0.05, 0) is 0 Å². The van der Waals surface area contributed by atoms with Gasteiger partial charge < -0.3 is 54.8 Å². The summed E-state index contributed by atoms with van der Waals surface area (Å²) < 4.78 is 0. The highest BCUT2D eigenvalue weighted by Gasteiger charge is 0.189. The highest BCUT2D eigenvalue weighted by molar-refractivity contribution is 5.76. The molecule has 0 unspecified atom stereocenters. The molecule has 0 saturated carbocycles. The molecule has 0 rings (SSSR count). The lowest BCUT2D eigenvalue weighted by Crippen LogP contribution is -0.382. The van der Waals surface area contributed by atoms with Gasteiger partial charge in [-0.1, -0.05) is 0 Å². The first-order valence-electron chi connectivity index (χ1n) is 0. The van der Waals surface area contributed by atoms with Gasteiger partial charge in [-0.15, -0.1) is 0 Å². The van der Waals surface area contributed by atoms with Crippen LogP contribution in [0, 0.1) is 0 Å². The average molecular weight is 270 g/mol. The monoisotopic (exact) mass is 270 g/mol. The van der Waals surface area contributed by atoms with Crippen LogP contribution in [0.1, 0.15) is 0 Å². The van der Waals surface area contributed by atoms with E-state index in [0.29, 0.717) is 0 Å². The van der Waals surface area contributed by atoms with Crippen LogP contribution in [0.4, 0.5) is 0 Å². The van der Waals surface area contributed by atoms with Gasteiger partial charge in [-0.2, -0.15) is 0 Å². The molecular weight excluding hydrogens is 241 g/mol. The molecule has 0 aliphatic carbocycles. The van der Waals surface area contributed by atoms with Gasteiger partial charge >= 0.3 is 0 Å². The van der Waals surface area contributed by atoms with E-state index in [9.17, 15) is 0 Å². The van der Waals surface area contributed by atoms with Crippen molar-refractivity contribution in [2.45, 2.75) is 0 Å². The summed E-state index contributed by atoms with van der Waals surface area (Å²) in [5, 5.41) is 0. The molecular formula is H29Al3O10. The highest BCUT2D eigenvalue weighted by atomic mass is 27.0. The van der Waals surface area contributed by atoms with Crippen LogP contribution in [0.5, 0.6) is 0 Å². The summed E-state index contributed by atoms with van der Waals surface area (Å²) in [5.74, 6) is 0. The topological polar surface area (TPSA) is 315 Å². The highest BCUT2D eigenvalue weighted by Crippen LogP contribution is -0.280. The van der Waals surface area contributed by atoms with Gasteiger partial charge in [0, 0.05) is 0 Å². The Hall–Kier alpha value is 1.20. The molecule has 0 spiro atoms. The second-order valence-corrected chi connectivity index (χ2v) is 0. The van der Waals surface area contributed by atoms with Crippen molar-refractivity contribution in [2.75, 3.05) is 0 Å². The maximum absolute atomic E-state index is 0. The second-order valence-electron chi connectivity index (χ2n) is 0. The fourth-order valence-electron chi connectivity index (χ4n) is 0. The summed E-state index contributed by atoms with van der Waals surface area (Å²) in [6.07, 6.45) is 0. The van der Waals surface area contributed by atoms with Crippen molar-refractivity contribution < 1.29 is 54.8 Å². The SMILES string of the molecule is O.O.O.O.O.O.O.O.O.O.[AlH3].[AlH3].[AlH3]. The fraction of sp³-hybridized carbons (Fsp3) is 0. The molecule has 0 fully saturated rings. The van der Waals surface area contributed by atoms with E-state index in [1.165, 1.54) is 0 Å². The summed E-state index contributed by atoms with van der Waals surface area (Å²) in [6.45, 7) is 0. The predicted molar refractivity (Wildman–Crippen MR) is 66.0 cm³/mol. The van der Waals surface area contributed by atoms with Crippen LogP contribution >= 0.6 is 0 Å². The van der Waals surface area contributed by atoms with Crippen molar-refractivity contribution in [1.29, 1.82) is 0 Å². The lowest BCUT2D eigenvalue weighted by molar-refractivity contribution is 0.823. The first-order valence-corrected chi connectivity index (χ1v) is 0. The third-order valence-electron chi connectivity index (χ3n) is 0. The van der Waals surface area contributed by atoms with Crippen LogP contribution in [0.2, 0.25) is 0 Å². The molecule has 0 aromatic heterocycles. The molecule has 0 aliphatic heterocycles. The molecule has 13 heteroatoms. The maximum Gasteiger partial charge on any atom is 0.187 e. The van der Waals surface area contributed by atoms with Gasteiger partial charge in [0.2, 0.25) is 0 Å². The zero-order chi connectivity index (χ0) is 0. The normalized spacial score (nSPS) is 0. The van der Waals surface area contributed by atoms with Crippen LogP contribution in [-0.4, -0.2) is 107 Å². The second kappa shape index (κ2) is 1370. The third kappa shape index (κ3) is 1150. The number of rotatable bonds is 0.